The second-order valence-electron chi connectivity index (χ2n) is 3.26. The summed E-state index contributed by atoms with van der Waals surface area (Å²) in [5, 5.41) is 8.71. The summed E-state index contributed by atoms with van der Waals surface area (Å²) in [6.07, 6.45) is 2.96. The Bertz CT molecular complexity index is 209. The number of aliphatic hydroxyl groups excluding tert-OH is 1. The third-order valence-electron chi connectivity index (χ3n) is 1.91. The molecular formula is C10H19NO3S. The van der Waals surface area contributed by atoms with Crippen LogP contribution in [0.25, 0.3) is 0 Å². The molecule has 0 saturated heterocycles. The van der Waals surface area contributed by atoms with E-state index in [-0.39, 0.29) is 0 Å². The fourth-order valence-corrected chi connectivity index (χ4v) is 1.13. The van der Waals surface area contributed by atoms with Gasteiger partial charge in [0.25, 0.3) is 5.17 Å². The minimum atomic E-state index is -0.551. The molecule has 5 heteroatoms. The van der Waals surface area contributed by atoms with E-state index in [0.29, 0.717) is 13.2 Å². The van der Waals surface area contributed by atoms with Crippen molar-refractivity contribution < 1.29 is 14.6 Å². The lowest BCUT2D eigenvalue weighted by Crippen LogP contribution is -2.37. The van der Waals surface area contributed by atoms with Crippen LogP contribution in [0.4, 0.5) is 4.79 Å². The van der Waals surface area contributed by atoms with Crippen molar-refractivity contribution in [1.82, 2.24) is 4.90 Å². The second kappa shape index (κ2) is 8.47. The predicted molar refractivity (Wildman–Crippen MR) is 63.1 cm³/mol. The van der Waals surface area contributed by atoms with Gasteiger partial charge < -0.3 is 9.84 Å². The quantitative estimate of drug-likeness (QED) is 0.566. The molecule has 0 spiro atoms. The SMILES string of the molecule is CCCCOC(=O)N(CCCC)C(O)=S. The Morgan fingerprint density at radius 3 is 2.40 bits per heavy atom. The number of thiocarbonyl (C=S) groups is 1. The van der Waals surface area contributed by atoms with Crippen molar-refractivity contribution in [3.8, 4) is 0 Å². The van der Waals surface area contributed by atoms with E-state index in [9.17, 15) is 4.79 Å². The molecule has 0 heterocycles. The van der Waals surface area contributed by atoms with E-state index < -0.39 is 11.3 Å². The highest BCUT2D eigenvalue weighted by Crippen LogP contribution is 2.01. The lowest BCUT2D eigenvalue weighted by molar-refractivity contribution is 0.116. The number of carbonyl (C=O) groups is 1. The molecule has 1 amide bonds. The molecule has 0 aliphatic heterocycles. The van der Waals surface area contributed by atoms with Crippen molar-refractivity contribution in [2.24, 2.45) is 0 Å². The van der Waals surface area contributed by atoms with Gasteiger partial charge in [-0.25, -0.2) is 9.69 Å². The van der Waals surface area contributed by atoms with Gasteiger partial charge in [-0.3, -0.25) is 0 Å². The van der Waals surface area contributed by atoms with Gasteiger partial charge in [0.2, 0.25) is 0 Å². The summed E-state index contributed by atoms with van der Waals surface area (Å²) >= 11 is 4.57. The van der Waals surface area contributed by atoms with Crippen LogP contribution in [-0.2, 0) is 4.74 Å². The molecule has 88 valence electrons. The van der Waals surface area contributed by atoms with Crippen molar-refractivity contribution in [1.29, 1.82) is 0 Å². The summed E-state index contributed by atoms with van der Waals surface area (Å²) < 4.78 is 4.94. The Labute approximate surface area is 96.2 Å². The average Bonchev–Trinajstić information content (AvgIpc) is 2.18. The highest BCUT2D eigenvalue weighted by atomic mass is 32.1. The van der Waals surface area contributed by atoms with E-state index in [1.54, 1.807) is 0 Å². The van der Waals surface area contributed by atoms with Crippen LogP contribution in [0.1, 0.15) is 39.5 Å². The van der Waals surface area contributed by atoms with Gasteiger partial charge in [-0.05, 0) is 25.1 Å². The molecule has 0 aromatic rings. The number of aliphatic hydroxyl groups is 1. The maximum absolute atomic E-state index is 11.4. The Balaban J connectivity index is 3.99. The van der Waals surface area contributed by atoms with E-state index in [1.807, 2.05) is 13.8 Å². The number of ether oxygens (including phenoxy) is 1. The van der Waals surface area contributed by atoms with Crippen molar-refractivity contribution in [3.63, 3.8) is 0 Å². The van der Waals surface area contributed by atoms with Crippen LogP contribution in [0.2, 0.25) is 0 Å². The van der Waals surface area contributed by atoms with Crippen LogP contribution >= 0.6 is 12.2 Å². The molecule has 1 N–H and O–H groups in total. The van der Waals surface area contributed by atoms with Gasteiger partial charge in [0.05, 0.1) is 6.61 Å². The largest absolute Gasteiger partial charge is 0.486 e. The highest BCUT2D eigenvalue weighted by Gasteiger charge is 2.17. The molecule has 0 aromatic heterocycles. The lowest BCUT2D eigenvalue weighted by atomic mass is 10.3. The third-order valence-corrected chi connectivity index (χ3v) is 2.13. The zero-order valence-electron chi connectivity index (χ0n) is 9.36. The van der Waals surface area contributed by atoms with Crippen LogP contribution in [0.5, 0.6) is 0 Å². The standard InChI is InChI=1S/C10H19NO3S/c1-3-5-7-11(10(13)15)9(12)14-8-6-4-2/h3-8H2,1-2H3,(H,13,15). The molecule has 0 unspecified atom stereocenters. The number of hydrogen-bond donors (Lipinski definition) is 1. The molecule has 0 atom stereocenters. The van der Waals surface area contributed by atoms with Crippen molar-refractivity contribution >= 4 is 23.5 Å². The molecule has 0 saturated carbocycles. The topological polar surface area (TPSA) is 49.8 Å². The van der Waals surface area contributed by atoms with Gasteiger partial charge in [-0.1, -0.05) is 26.7 Å². The van der Waals surface area contributed by atoms with Crippen molar-refractivity contribution in [3.05, 3.63) is 0 Å². The molecule has 0 rings (SSSR count). The highest BCUT2D eigenvalue weighted by molar-refractivity contribution is 7.79. The van der Waals surface area contributed by atoms with E-state index >= 15 is 0 Å². The van der Waals surface area contributed by atoms with Crippen LogP contribution < -0.4 is 0 Å². The van der Waals surface area contributed by atoms with Crippen molar-refractivity contribution in [2.75, 3.05) is 13.2 Å². The molecule has 0 aromatic carbocycles. The number of hydrogen-bond acceptors (Lipinski definition) is 3. The maximum atomic E-state index is 11.4. The monoisotopic (exact) mass is 233 g/mol. The first kappa shape index (κ1) is 14.2. The Kier molecular flexibility index (Phi) is 7.99. The third kappa shape index (κ3) is 6.28. The number of nitrogens with zero attached hydrogens (tertiary/aromatic N) is 1. The number of amides is 1. The second-order valence-corrected chi connectivity index (χ2v) is 3.62. The van der Waals surface area contributed by atoms with Crippen LogP contribution in [-0.4, -0.2) is 34.4 Å². The normalized spacial score (nSPS) is 9.73. The molecule has 15 heavy (non-hydrogen) atoms. The molecule has 0 aliphatic rings. The Morgan fingerprint density at radius 2 is 1.93 bits per heavy atom. The Hall–Kier alpha value is -0.840. The smallest absolute Gasteiger partial charge is 0.417 e. The number of carbonyl (C=O) groups excluding carboxylic acids is 1. The number of rotatable bonds is 6. The van der Waals surface area contributed by atoms with Crippen LogP contribution in [0, 0.1) is 0 Å². The van der Waals surface area contributed by atoms with Crippen LogP contribution in [0.15, 0.2) is 0 Å². The van der Waals surface area contributed by atoms with E-state index in [2.05, 4.69) is 12.2 Å². The summed E-state index contributed by atoms with van der Waals surface area (Å²) in [7, 11) is 0. The lowest BCUT2D eigenvalue weighted by Gasteiger charge is -2.18. The maximum Gasteiger partial charge on any atom is 0.417 e. The molecule has 0 fully saturated rings. The van der Waals surface area contributed by atoms with Gasteiger partial charge in [-0.2, -0.15) is 0 Å². The number of unbranched alkanes of at least 4 members (excludes halogenated alkanes) is 2. The molecular weight excluding hydrogens is 214 g/mol. The minimum Gasteiger partial charge on any atom is -0.486 e. The Morgan fingerprint density at radius 1 is 1.33 bits per heavy atom. The summed E-state index contributed by atoms with van der Waals surface area (Å²) in [5.74, 6) is 0. The first-order chi connectivity index (χ1) is 7.13. The summed E-state index contributed by atoms with van der Waals surface area (Å²) in [6.45, 7) is 4.80. The molecule has 0 bridgehead atoms. The van der Waals surface area contributed by atoms with Gasteiger partial charge in [-0.15, -0.1) is 0 Å². The van der Waals surface area contributed by atoms with E-state index in [4.69, 9.17) is 9.84 Å². The van der Waals surface area contributed by atoms with Crippen LogP contribution in [0.3, 0.4) is 0 Å². The summed E-state index contributed by atoms with van der Waals surface area (Å²) in [4.78, 5) is 12.5. The predicted octanol–water partition coefficient (Wildman–Crippen LogP) is 2.87. The first-order valence-electron chi connectivity index (χ1n) is 5.30. The molecule has 0 aliphatic carbocycles. The summed E-state index contributed by atoms with van der Waals surface area (Å²) in [5.41, 5.74) is 0. The summed E-state index contributed by atoms with van der Waals surface area (Å²) in [6, 6.07) is 0. The van der Waals surface area contributed by atoms with Gasteiger partial charge >= 0.3 is 6.09 Å². The van der Waals surface area contributed by atoms with Gasteiger partial charge in [0, 0.05) is 6.54 Å². The van der Waals surface area contributed by atoms with E-state index in [0.717, 1.165) is 30.6 Å². The molecule has 0 radical (unpaired) electrons. The van der Waals surface area contributed by atoms with Crippen molar-refractivity contribution in [2.45, 2.75) is 39.5 Å². The average molecular weight is 233 g/mol. The zero-order chi connectivity index (χ0) is 11.7. The fourth-order valence-electron chi connectivity index (χ4n) is 0.963. The van der Waals surface area contributed by atoms with Gasteiger partial charge in [0.15, 0.2) is 0 Å². The molecule has 4 nitrogen and oxygen atoms in total. The zero-order valence-corrected chi connectivity index (χ0v) is 10.2. The van der Waals surface area contributed by atoms with Gasteiger partial charge in [0.1, 0.15) is 0 Å². The fraction of sp³-hybridized carbons (Fsp3) is 0.800. The van der Waals surface area contributed by atoms with E-state index in [1.165, 1.54) is 0 Å². The minimum absolute atomic E-state index is 0.376. The first-order valence-corrected chi connectivity index (χ1v) is 5.71.